The Kier molecular flexibility index (Phi) is 3.33. The van der Waals surface area contributed by atoms with Gasteiger partial charge in [-0.05, 0) is 18.9 Å². The van der Waals surface area contributed by atoms with Crippen LogP contribution in [0.3, 0.4) is 0 Å². The number of aromatic nitrogens is 1. The van der Waals surface area contributed by atoms with Gasteiger partial charge in [-0.1, -0.05) is 0 Å². The van der Waals surface area contributed by atoms with Gasteiger partial charge in [-0.25, -0.2) is 9.37 Å². The summed E-state index contributed by atoms with van der Waals surface area (Å²) in [6, 6.07) is 1.16. The summed E-state index contributed by atoms with van der Waals surface area (Å²) in [5.74, 6) is -3.05. The number of aliphatic hydroxyl groups is 1. The van der Waals surface area contributed by atoms with Crippen molar-refractivity contribution in [3.63, 3.8) is 0 Å². The van der Waals surface area contributed by atoms with Crippen LogP contribution in [0.2, 0.25) is 0 Å². The molecule has 1 saturated heterocycles. The fourth-order valence-electron chi connectivity index (χ4n) is 1.82. The molecular weight excluding hydrogens is 230 g/mol. The number of hydrogen-bond acceptors (Lipinski definition) is 3. The van der Waals surface area contributed by atoms with Crippen molar-refractivity contribution in [3.8, 4) is 0 Å². The zero-order valence-corrected chi connectivity index (χ0v) is 9.07. The highest BCUT2D eigenvalue weighted by Crippen LogP contribution is 2.16. The van der Waals surface area contributed by atoms with Crippen molar-refractivity contribution in [3.05, 3.63) is 29.6 Å². The molecule has 4 nitrogen and oxygen atoms in total. The smallest absolute Gasteiger partial charge is 0.257 e. The van der Waals surface area contributed by atoms with E-state index >= 15 is 0 Å². The van der Waals surface area contributed by atoms with Gasteiger partial charge in [0, 0.05) is 19.3 Å². The number of amides is 1. The lowest BCUT2D eigenvalue weighted by molar-refractivity contribution is 0.0541. The van der Waals surface area contributed by atoms with E-state index in [1.54, 1.807) is 0 Å². The normalized spacial score (nSPS) is 17.2. The minimum absolute atomic E-state index is 0.311. The summed E-state index contributed by atoms with van der Waals surface area (Å²) in [5.41, 5.74) is -0.311. The molecule has 0 spiro atoms. The second-order valence-electron chi connectivity index (χ2n) is 3.99. The van der Waals surface area contributed by atoms with Crippen LogP contribution in [0, 0.1) is 11.8 Å². The van der Waals surface area contributed by atoms with Gasteiger partial charge < -0.3 is 10.0 Å². The van der Waals surface area contributed by atoms with E-state index in [4.69, 9.17) is 0 Å². The van der Waals surface area contributed by atoms with Crippen molar-refractivity contribution < 1.29 is 18.7 Å². The van der Waals surface area contributed by atoms with E-state index < -0.39 is 23.8 Å². The molecule has 1 N–H and O–H groups in total. The Bertz CT molecular complexity index is 431. The van der Waals surface area contributed by atoms with Crippen molar-refractivity contribution in [1.29, 1.82) is 0 Å². The van der Waals surface area contributed by atoms with Gasteiger partial charge in [0.05, 0.1) is 11.7 Å². The van der Waals surface area contributed by atoms with Crippen LogP contribution in [0.1, 0.15) is 23.2 Å². The van der Waals surface area contributed by atoms with E-state index in [1.807, 2.05) is 0 Å². The Morgan fingerprint density at radius 3 is 2.71 bits per heavy atom. The molecule has 1 aliphatic rings. The molecule has 6 heteroatoms. The highest BCUT2D eigenvalue weighted by atomic mass is 19.2. The summed E-state index contributed by atoms with van der Waals surface area (Å²) in [7, 11) is 0. The lowest BCUT2D eigenvalue weighted by Gasteiger charge is -2.29. The maximum atomic E-state index is 13.3. The molecular formula is C11H12F2N2O2. The van der Waals surface area contributed by atoms with E-state index in [9.17, 15) is 18.7 Å². The van der Waals surface area contributed by atoms with Crippen LogP contribution in [-0.4, -0.2) is 40.1 Å². The summed E-state index contributed by atoms with van der Waals surface area (Å²) in [6.45, 7) is 0.701. The maximum absolute atomic E-state index is 13.3. The lowest BCUT2D eigenvalue weighted by atomic mass is 10.1. The molecule has 0 radical (unpaired) electrons. The van der Waals surface area contributed by atoms with Gasteiger partial charge in [-0.15, -0.1) is 0 Å². The number of carbonyl (C=O) groups is 1. The second-order valence-corrected chi connectivity index (χ2v) is 3.99. The maximum Gasteiger partial charge on any atom is 0.257 e. The molecule has 1 aromatic rings. The number of carbonyl (C=O) groups excluding carboxylic acids is 1. The summed E-state index contributed by atoms with van der Waals surface area (Å²) < 4.78 is 26.2. The van der Waals surface area contributed by atoms with Crippen LogP contribution < -0.4 is 0 Å². The highest BCUT2D eigenvalue weighted by Gasteiger charge is 2.25. The van der Waals surface area contributed by atoms with Gasteiger partial charge in [0.2, 0.25) is 5.95 Å². The van der Waals surface area contributed by atoms with E-state index in [-0.39, 0.29) is 5.56 Å². The molecule has 0 aliphatic carbocycles. The second kappa shape index (κ2) is 4.75. The first-order valence-corrected chi connectivity index (χ1v) is 5.37. The number of aliphatic hydroxyl groups excluding tert-OH is 1. The molecule has 92 valence electrons. The van der Waals surface area contributed by atoms with E-state index in [1.165, 1.54) is 4.90 Å². The number of hydrogen-bond donors (Lipinski definition) is 1. The quantitative estimate of drug-likeness (QED) is 0.746. The number of likely N-dealkylation sites (tertiary alicyclic amines) is 1. The van der Waals surface area contributed by atoms with Gasteiger partial charge in [0.15, 0.2) is 5.82 Å². The molecule has 0 bridgehead atoms. The summed E-state index contributed by atoms with van der Waals surface area (Å²) >= 11 is 0. The van der Waals surface area contributed by atoms with Gasteiger partial charge in [-0.3, -0.25) is 4.79 Å². The number of pyridine rings is 1. The topological polar surface area (TPSA) is 53.4 Å². The minimum atomic E-state index is -1.27. The van der Waals surface area contributed by atoms with Gasteiger partial charge in [0.25, 0.3) is 5.91 Å². The first-order chi connectivity index (χ1) is 8.09. The lowest BCUT2D eigenvalue weighted by Crippen LogP contribution is -2.40. The first-order valence-electron chi connectivity index (χ1n) is 5.37. The molecule has 17 heavy (non-hydrogen) atoms. The molecule has 1 fully saturated rings. The standard InChI is InChI=1S/C11H12F2N2O2/c12-9-8(1-4-14-10(9)13)11(17)15-5-2-7(16)3-6-15/h1,4,7,16H,2-3,5-6H2. The van der Waals surface area contributed by atoms with Gasteiger partial charge in [-0.2, -0.15) is 4.39 Å². The molecule has 0 atom stereocenters. The van der Waals surface area contributed by atoms with Crippen LogP contribution in [0.15, 0.2) is 12.3 Å². The predicted molar refractivity (Wildman–Crippen MR) is 55.3 cm³/mol. The Labute approximate surface area is 96.9 Å². The molecule has 2 heterocycles. The van der Waals surface area contributed by atoms with Crippen LogP contribution in [-0.2, 0) is 0 Å². The molecule has 1 aliphatic heterocycles. The van der Waals surface area contributed by atoms with E-state index in [2.05, 4.69) is 4.98 Å². The monoisotopic (exact) mass is 242 g/mol. The first kappa shape index (κ1) is 11.9. The summed E-state index contributed by atoms with van der Waals surface area (Å²) in [5, 5.41) is 9.30. The van der Waals surface area contributed by atoms with Crippen molar-refractivity contribution in [2.45, 2.75) is 18.9 Å². The van der Waals surface area contributed by atoms with E-state index in [0.717, 1.165) is 12.3 Å². The Morgan fingerprint density at radius 1 is 1.41 bits per heavy atom. The highest BCUT2D eigenvalue weighted by molar-refractivity contribution is 5.94. The van der Waals surface area contributed by atoms with Gasteiger partial charge >= 0.3 is 0 Å². The van der Waals surface area contributed by atoms with Crippen LogP contribution >= 0.6 is 0 Å². The third-order valence-corrected chi connectivity index (χ3v) is 2.83. The zero-order chi connectivity index (χ0) is 12.4. The molecule has 0 unspecified atom stereocenters. The van der Waals surface area contributed by atoms with Crippen molar-refractivity contribution in [2.24, 2.45) is 0 Å². The third-order valence-electron chi connectivity index (χ3n) is 2.83. The number of nitrogens with zero attached hydrogens (tertiary/aromatic N) is 2. The zero-order valence-electron chi connectivity index (χ0n) is 9.07. The number of halogens is 2. The van der Waals surface area contributed by atoms with Crippen LogP contribution in [0.4, 0.5) is 8.78 Å². The fraction of sp³-hybridized carbons (Fsp3) is 0.455. The number of rotatable bonds is 1. The van der Waals surface area contributed by atoms with Crippen LogP contribution in [0.5, 0.6) is 0 Å². The molecule has 1 aromatic heterocycles. The summed E-state index contributed by atoms with van der Waals surface area (Å²) in [6.07, 6.45) is 1.56. The minimum Gasteiger partial charge on any atom is -0.393 e. The van der Waals surface area contributed by atoms with Gasteiger partial charge in [0.1, 0.15) is 0 Å². The van der Waals surface area contributed by atoms with Crippen molar-refractivity contribution in [2.75, 3.05) is 13.1 Å². The summed E-state index contributed by atoms with van der Waals surface area (Å²) in [4.78, 5) is 16.4. The third kappa shape index (κ3) is 2.41. The van der Waals surface area contributed by atoms with Crippen LogP contribution in [0.25, 0.3) is 0 Å². The predicted octanol–water partition coefficient (Wildman–Crippen LogP) is 0.957. The van der Waals surface area contributed by atoms with Crippen molar-refractivity contribution in [1.82, 2.24) is 9.88 Å². The Morgan fingerprint density at radius 2 is 2.06 bits per heavy atom. The average Bonchev–Trinajstić information content (AvgIpc) is 2.33. The van der Waals surface area contributed by atoms with Crippen molar-refractivity contribution >= 4 is 5.91 Å². The largest absolute Gasteiger partial charge is 0.393 e. The molecule has 1 amide bonds. The molecule has 2 rings (SSSR count). The number of piperidine rings is 1. The molecule has 0 saturated carbocycles. The fourth-order valence-corrected chi connectivity index (χ4v) is 1.82. The molecule has 0 aromatic carbocycles. The SMILES string of the molecule is O=C(c1ccnc(F)c1F)N1CCC(O)CC1. The van der Waals surface area contributed by atoms with E-state index in [0.29, 0.717) is 25.9 Å². The average molecular weight is 242 g/mol. The Balaban J connectivity index is 2.17. The Hall–Kier alpha value is -1.56.